The zero-order valence-corrected chi connectivity index (χ0v) is 6.93. The first-order valence-electron chi connectivity index (χ1n) is 3.76. The summed E-state index contributed by atoms with van der Waals surface area (Å²) in [7, 11) is 0. The van der Waals surface area contributed by atoms with Crippen LogP contribution in [-0.4, -0.2) is 23.2 Å². The Labute approximate surface area is 71.6 Å². The minimum absolute atomic E-state index is 0. The fraction of sp³-hybridized carbons (Fsp3) is 0.857. The lowest BCUT2D eigenvalue weighted by Gasteiger charge is -2.18. The van der Waals surface area contributed by atoms with E-state index in [-0.39, 0.29) is 18.4 Å². The second-order valence-corrected chi connectivity index (χ2v) is 3.25. The van der Waals surface area contributed by atoms with E-state index >= 15 is 0 Å². The molecule has 1 saturated heterocycles. The lowest BCUT2D eigenvalue weighted by Crippen LogP contribution is -2.41. The van der Waals surface area contributed by atoms with Crippen molar-refractivity contribution >= 4 is 18.4 Å². The number of halogens is 1. The fourth-order valence-corrected chi connectivity index (χ4v) is 2.13. The van der Waals surface area contributed by atoms with Crippen molar-refractivity contribution in [3.63, 3.8) is 0 Å². The number of carboxylic acid groups (broad SMARTS) is 1. The van der Waals surface area contributed by atoms with Crippen LogP contribution in [0.1, 0.15) is 19.3 Å². The Morgan fingerprint density at radius 1 is 1.45 bits per heavy atom. The second kappa shape index (κ2) is 2.99. The highest BCUT2D eigenvalue weighted by Gasteiger charge is 2.42. The van der Waals surface area contributed by atoms with E-state index in [1.165, 1.54) is 6.42 Å². The van der Waals surface area contributed by atoms with Crippen molar-refractivity contribution in [2.45, 2.75) is 31.3 Å². The summed E-state index contributed by atoms with van der Waals surface area (Å²) in [5.41, 5.74) is 0. The van der Waals surface area contributed by atoms with E-state index in [9.17, 15) is 4.79 Å². The quantitative estimate of drug-likeness (QED) is 0.618. The number of nitrogens with one attached hydrogen (secondary N) is 1. The summed E-state index contributed by atoms with van der Waals surface area (Å²) in [4.78, 5) is 10.5. The third-order valence-electron chi connectivity index (χ3n) is 2.63. The first-order valence-corrected chi connectivity index (χ1v) is 3.76. The summed E-state index contributed by atoms with van der Waals surface area (Å²) in [6.07, 6.45) is 3.36. The molecule has 0 amide bonds. The molecule has 0 aromatic carbocycles. The molecule has 2 bridgehead atoms. The largest absolute Gasteiger partial charge is 0.480 e. The Balaban J connectivity index is 0.000000605. The molecule has 64 valence electrons. The summed E-state index contributed by atoms with van der Waals surface area (Å²) in [5.74, 6) is -0.255. The standard InChI is InChI=1S/C7H11NO2.ClH/c9-7(10)6-4-1-2-5(3-4)8-6;/h4-6,8H,1-3H2,(H,9,10);1H/t4-,5+,6-;/m1./s1. The predicted octanol–water partition coefficient (Wildman–Crippen LogP) is 0.633. The van der Waals surface area contributed by atoms with Gasteiger partial charge in [0.1, 0.15) is 6.04 Å². The molecule has 4 heteroatoms. The van der Waals surface area contributed by atoms with Gasteiger partial charge >= 0.3 is 5.97 Å². The molecule has 0 unspecified atom stereocenters. The molecule has 1 aliphatic heterocycles. The second-order valence-electron chi connectivity index (χ2n) is 3.25. The number of rotatable bonds is 1. The number of fused-ring (bicyclic) bond motifs is 2. The van der Waals surface area contributed by atoms with Crippen molar-refractivity contribution in [3.05, 3.63) is 0 Å². The molecule has 11 heavy (non-hydrogen) atoms. The molecule has 1 saturated carbocycles. The van der Waals surface area contributed by atoms with Crippen LogP contribution in [0.2, 0.25) is 0 Å². The minimum atomic E-state index is -0.674. The van der Waals surface area contributed by atoms with E-state index in [0.717, 1.165) is 12.8 Å². The molecular formula is C7H12ClNO2. The van der Waals surface area contributed by atoms with Gasteiger partial charge in [0.2, 0.25) is 0 Å². The zero-order valence-electron chi connectivity index (χ0n) is 6.12. The Morgan fingerprint density at radius 2 is 2.18 bits per heavy atom. The maximum Gasteiger partial charge on any atom is 0.320 e. The molecular weight excluding hydrogens is 166 g/mol. The van der Waals surface area contributed by atoms with Crippen LogP contribution in [0.25, 0.3) is 0 Å². The molecule has 0 aromatic heterocycles. The van der Waals surface area contributed by atoms with Crippen molar-refractivity contribution in [1.29, 1.82) is 0 Å². The van der Waals surface area contributed by atoms with E-state index in [4.69, 9.17) is 5.11 Å². The molecule has 3 atom stereocenters. The van der Waals surface area contributed by atoms with Gasteiger partial charge in [0, 0.05) is 6.04 Å². The van der Waals surface area contributed by atoms with Crippen LogP contribution in [0.5, 0.6) is 0 Å². The van der Waals surface area contributed by atoms with E-state index in [2.05, 4.69) is 5.32 Å². The summed E-state index contributed by atoms with van der Waals surface area (Å²) >= 11 is 0. The molecule has 0 spiro atoms. The van der Waals surface area contributed by atoms with Gasteiger partial charge in [-0.25, -0.2) is 0 Å². The topological polar surface area (TPSA) is 49.3 Å². The first kappa shape index (κ1) is 8.81. The highest BCUT2D eigenvalue weighted by molar-refractivity contribution is 5.85. The molecule has 2 N–H and O–H groups in total. The van der Waals surface area contributed by atoms with E-state index in [1.807, 2.05) is 0 Å². The Hall–Kier alpha value is -0.280. The minimum Gasteiger partial charge on any atom is -0.480 e. The number of piperidine rings is 1. The molecule has 1 heterocycles. The normalized spacial score (nSPS) is 40.2. The van der Waals surface area contributed by atoms with Gasteiger partial charge in [0.15, 0.2) is 0 Å². The number of aliphatic carboxylic acids is 1. The van der Waals surface area contributed by atoms with Crippen LogP contribution >= 0.6 is 12.4 Å². The number of carboxylic acids is 1. The van der Waals surface area contributed by atoms with Gasteiger partial charge in [0.05, 0.1) is 0 Å². The average Bonchev–Trinajstić information content (AvgIpc) is 2.44. The van der Waals surface area contributed by atoms with Gasteiger partial charge in [-0.3, -0.25) is 4.79 Å². The van der Waals surface area contributed by atoms with Crippen molar-refractivity contribution in [2.75, 3.05) is 0 Å². The van der Waals surface area contributed by atoms with Crippen molar-refractivity contribution in [3.8, 4) is 0 Å². The van der Waals surface area contributed by atoms with Gasteiger partial charge in [-0.15, -0.1) is 12.4 Å². The molecule has 2 rings (SSSR count). The van der Waals surface area contributed by atoms with Gasteiger partial charge in [0.25, 0.3) is 0 Å². The number of carbonyl (C=O) groups is 1. The van der Waals surface area contributed by atoms with E-state index < -0.39 is 5.97 Å². The number of hydrogen-bond acceptors (Lipinski definition) is 2. The Kier molecular flexibility index (Phi) is 2.40. The maximum atomic E-state index is 10.5. The van der Waals surface area contributed by atoms with Crippen LogP contribution in [0.4, 0.5) is 0 Å². The highest BCUT2D eigenvalue weighted by atomic mass is 35.5. The monoisotopic (exact) mass is 177 g/mol. The SMILES string of the molecule is Cl.O=C(O)[C@@H]1N[C@H]2CC[C@@H]1C2. The summed E-state index contributed by atoms with van der Waals surface area (Å²) in [6.45, 7) is 0. The zero-order chi connectivity index (χ0) is 7.14. The third kappa shape index (κ3) is 1.35. The summed E-state index contributed by atoms with van der Waals surface area (Å²) in [5, 5.41) is 11.8. The van der Waals surface area contributed by atoms with Crippen LogP contribution < -0.4 is 5.32 Å². The Morgan fingerprint density at radius 3 is 2.45 bits per heavy atom. The molecule has 1 aliphatic carbocycles. The first-order chi connectivity index (χ1) is 4.77. The number of hydrogen-bond donors (Lipinski definition) is 2. The van der Waals surface area contributed by atoms with Crippen molar-refractivity contribution in [2.24, 2.45) is 5.92 Å². The summed E-state index contributed by atoms with van der Waals surface area (Å²) < 4.78 is 0. The summed E-state index contributed by atoms with van der Waals surface area (Å²) in [6, 6.07) is 0.268. The van der Waals surface area contributed by atoms with Gasteiger partial charge in [-0.1, -0.05) is 0 Å². The molecule has 3 nitrogen and oxygen atoms in total. The predicted molar refractivity (Wildman–Crippen MR) is 42.9 cm³/mol. The van der Waals surface area contributed by atoms with Crippen molar-refractivity contribution in [1.82, 2.24) is 5.32 Å². The van der Waals surface area contributed by atoms with Crippen LogP contribution in [-0.2, 0) is 4.79 Å². The van der Waals surface area contributed by atoms with Gasteiger partial charge in [-0.2, -0.15) is 0 Å². The lowest BCUT2D eigenvalue weighted by atomic mass is 10.0. The molecule has 2 fully saturated rings. The van der Waals surface area contributed by atoms with Crippen molar-refractivity contribution < 1.29 is 9.90 Å². The smallest absolute Gasteiger partial charge is 0.320 e. The average molecular weight is 178 g/mol. The molecule has 0 radical (unpaired) electrons. The van der Waals surface area contributed by atoms with Crippen LogP contribution in [0, 0.1) is 5.92 Å². The van der Waals surface area contributed by atoms with Gasteiger partial charge in [-0.05, 0) is 25.2 Å². The Bertz CT molecular complexity index is 174. The third-order valence-corrected chi connectivity index (χ3v) is 2.63. The molecule has 2 aliphatic rings. The van der Waals surface area contributed by atoms with E-state index in [1.54, 1.807) is 0 Å². The van der Waals surface area contributed by atoms with Gasteiger partial charge < -0.3 is 10.4 Å². The van der Waals surface area contributed by atoms with Crippen LogP contribution in [0.3, 0.4) is 0 Å². The van der Waals surface area contributed by atoms with E-state index in [0.29, 0.717) is 12.0 Å². The highest BCUT2D eigenvalue weighted by Crippen LogP contribution is 2.34. The fourth-order valence-electron chi connectivity index (χ4n) is 2.13. The lowest BCUT2D eigenvalue weighted by molar-refractivity contribution is -0.140. The van der Waals surface area contributed by atoms with Crippen LogP contribution in [0.15, 0.2) is 0 Å². The molecule has 0 aromatic rings. The maximum absolute atomic E-state index is 10.5.